The zero-order chi connectivity index (χ0) is 11.8. The first-order chi connectivity index (χ1) is 6.97. The smallest absolute Gasteiger partial charge is 0.222 e. The summed E-state index contributed by atoms with van der Waals surface area (Å²) >= 11 is 0. The lowest BCUT2D eigenvalue weighted by Gasteiger charge is -2.12. The summed E-state index contributed by atoms with van der Waals surface area (Å²) in [6.07, 6.45) is 1.27. The van der Waals surface area contributed by atoms with Crippen molar-refractivity contribution in [1.29, 1.82) is 0 Å². The number of amides is 2. The molecular weight excluding hydrogens is 192 g/mol. The first-order valence-electron chi connectivity index (χ1n) is 5.54. The summed E-state index contributed by atoms with van der Waals surface area (Å²) in [6.45, 7) is 8.05. The van der Waals surface area contributed by atoms with Crippen LogP contribution < -0.4 is 10.6 Å². The van der Waals surface area contributed by atoms with Crippen LogP contribution in [0.5, 0.6) is 0 Å². The van der Waals surface area contributed by atoms with Gasteiger partial charge in [0.05, 0.1) is 0 Å². The van der Waals surface area contributed by atoms with Crippen LogP contribution in [0.4, 0.5) is 0 Å². The summed E-state index contributed by atoms with van der Waals surface area (Å²) in [5.74, 6) is -0.0395. The lowest BCUT2D eigenvalue weighted by Crippen LogP contribution is -2.36. The minimum Gasteiger partial charge on any atom is -0.355 e. The van der Waals surface area contributed by atoms with Crippen LogP contribution in [-0.2, 0) is 9.59 Å². The fraction of sp³-hybridized carbons (Fsp3) is 0.818. The topological polar surface area (TPSA) is 58.2 Å². The molecule has 0 aliphatic carbocycles. The van der Waals surface area contributed by atoms with Gasteiger partial charge in [-0.1, -0.05) is 20.8 Å². The lowest BCUT2D eigenvalue weighted by molar-refractivity contribution is -0.124. The minimum absolute atomic E-state index is 0.00611. The van der Waals surface area contributed by atoms with E-state index < -0.39 is 0 Å². The third kappa shape index (κ3) is 6.94. The molecule has 0 radical (unpaired) electrons. The molecule has 2 N–H and O–H groups in total. The van der Waals surface area contributed by atoms with Crippen LogP contribution in [0.15, 0.2) is 0 Å². The van der Waals surface area contributed by atoms with Crippen molar-refractivity contribution in [1.82, 2.24) is 10.6 Å². The molecule has 0 bridgehead atoms. The summed E-state index contributed by atoms with van der Waals surface area (Å²) < 4.78 is 0. The predicted octanol–water partition coefficient (Wildman–Crippen LogP) is 1.06. The van der Waals surface area contributed by atoms with Crippen LogP contribution in [0.1, 0.15) is 40.5 Å². The van der Waals surface area contributed by atoms with E-state index in [0.29, 0.717) is 13.0 Å². The summed E-state index contributed by atoms with van der Waals surface area (Å²) in [7, 11) is 0. The van der Waals surface area contributed by atoms with Gasteiger partial charge in [-0.15, -0.1) is 0 Å². The standard InChI is InChI=1S/C11H22N2O2/c1-5-9(4)13-10(14)6-7-12-11(15)8(2)3/h8-9H,5-7H2,1-4H3,(H,12,15)(H,13,14). The molecule has 1 atom stereocenters. The molecule has 4 heteroatoms. The van der Waals surface area contributed by atoms with Gasteiger partial charge in [-0.2, -0.15) is 0 Å². The van der Waals surface area contributed by atoms with Gasteiger partial charge in [0, 0.05) is 24.9 Å². The zero-order valence-corrected chi connectivity index (χ0v) is 10.1. The van der Waals surface area contributed by atoms with Gasteiger partial charge < -0.3 is 10.6 Å². The summed E-state index contributed by atoms with van der Waals surface area (Å²) in [5.41, 5.74) is 0. The van der Waals surface area contributed by atoms with E-state index in [0.717, 1.165) is 6.42 Å². The molecule has 0 saturated heterocycles. The van der Waals surface area contributed by atoms with Gasteiger partial charge in [-0.05, 0) is 13.3 Å². The lowest BCUT2D eigenvalue weighted by atomic mass is 10.2. The maximum Gasteiger partial charge on any atom is 0.222 e. The summed E-state index contributed by atoms with van der Waals surface area (Å²) in [6, 6.07) is 0.207. The minimum atomic E-state index is -0.0253. The second-order valence-corrected chi connectivity index (χ2v) is 4.07. The highest BCUT2D eigenvalue weighted by Crippen LogP contribution is 1.92. The molecule has 0 rings (SSSR count). The molecule has 0 aromatic heterocycles. The van der Waals surface area contributed by atoms with Crippen molar-refractivity contribution in [2.75, 3.05) is 6.54 Å². The average Bonchev–Trinajstić information content (AvgIpc) is 2.17. The van der Waals surface area contributed by atoms with Crippen molar-refractivity contribution >= 4 is 11.8 Å². The van der Waals surface area contributed by atoms with E-state index in [1.165, 1.54) is 0 Å². The van der Waals surface area contributed by atoms with Crippen LogP contribution in [0.2, 0.25) is 0 Å². The summed E-state index contributed by atoms with van der Waals surface area (Å²) in [4.78, 5) is 22.5. The van der Waals surface area contributed by atoms with E-state index >= 15 is 0 Å². The Labute approximate surface area is 91.8 Å². The third-order valence-electron chi connectivity index (χ3n) is 2.20. The Kier molecular flexibility index (Phi) is 6.75. The van der Waals surface area contributed by atoms with Gasteiger partial charge in [0.1, 0.15) is 0 Å². The van der Waals surface area contributed by atoms with Crippen molar-refractivity contribution in [3.05, 3.63) is 0 Å². The Bertz CT molecular complexity index is 215. The van der Waals surface area contributed by atoms with E-state index in [2.05, 4.69) is 10.6 Å². The number of hydrogen-bond donors (Lipinski definition) is 2. The SMILES string of the molecule is CCC(C)NC(=O)CCNC(=O)C(C)C. The number of nitrogens with one attached hydrogen (secondary N) is 2. The molecule has 0 aromatic rings. The Morgan fingerprint density at radius 2 is 1.80 bits per heavy atom. The fourth-order valence-electron chi connectivity index (χ4n) is 0.952. The van der Waals surface area contributed by atoms with Gasteiger partial charge in [0.25, 0.3) is 0 Å². The van der Waals surface area contributed by atoms with Crippen LogP contribution in [0.25, 0.3) is 0 Å². The molecule has 0 aliphatic heterocycles. The monoisotopic (exact) mass is 214 g/mol. The Morgan fingerprint density at radius 3 is 2.27 bits per heavy atom. The highest BCUT2D eigenvalue weighted by molar-refractivity contribution is 5.80. The Balaban J connectivity index is 3.60. The molecule has 4 nitrogen and oxygen atoms in total. The molecule has 0 heterocycles. The molecular formula is C11H22N2O2. The molecule has 88 valence electrons. The molecule has 0 saturated carbocycles. The molecule has 15 heavy (non-hydrogen) atoms. The molecule has 0 spiro atoms. The van der Waals surface area contributed by atoms with Crippen molar-refractivity contribution < 1.29 is 9.59 Å². The highest BCUT2D eigenvalue weighted by Gasteiger charge is 2.08. The van der Waals surface area contributed by atoms with Gasteiger partial charge in [0.2, 0.25) is 11.8 Å². The van der Waals surface area contributed by atoms with Crippen molar-refractivity contribution in [2.24, 2.45) is 5.92 Å². The quantitative estimate of drug-likeness (QED) is 0.694. The van der Waals surface area contributed by atoms with Crippen LogP contribution in [0.3, 0.4) is 0 Å². The molecule has 2 amide bonds. The van der Waals surface area contributed by atoms with Crippen molar-refractivity contribution in [3.8, 4) is 0 Å². The molecule has 0 aliphatic rings. The second kappa shape index (κ2) is 7.26. The Morgan fingerprint density at radius 1 is 1.20 bits per heavy atom. The maximum atomic E-state index is 11.3. The Hall–Kier alpha value is -1.06. The van der Waals surface area contributed by atoms with Gasteiger partial charge in [0.15, 0.2) is 0 Å². The van der Waals surface area contributed by atoms with Crippen molar-refractivity contribution in [2.45, 2.75) is 46.6 Å². The fourth-order valence-corrected chi connectivity index (χ4v) is 0.952. The number of rotatable bonds is 6. The maximum absolute atomic E-state index is 11.3. The molecule has 0 fully saturated rings. The largest absolute Gasteiger partial charge is 0.355 e. The third-order valence-corrected chi connectivity index (χ3v) is 2.20. The van der Waals surface area contributed by atoms with Gasteiger partial charge >= 0.3 is 0 Å². The first-order valence-corrected chi connectivity index (χ1v) is 5.54. The number of carbonyl (C=O) groups is 2. The molecule has 1 unspecified atom stereocenters. The van der Waals surface area contributed by atoms with E-state index in [1.807, 2.05) is 27.7 Å². The predicted molar refractivity (Wildman–Crippen MR) is 60.4 cm³/mol. The average molecular weight is 214 g/mol. The normalized spacial score (nSPS) is 12.3. The van der Waals surface area contributed by atoms with Crippen LogP contribution in [-0.4, -0.2) is 24.4 Å². The zero-order valence-electron chi connectivity index (χ0n) is 10.1. The van der Waals surface area contributed by atoms with Crippen LogP contribution in [0, 0.1) is 5.92 Å². The summed E-state index contributed by atoms with van der Waals surface area (Å²) in [5, 5.41) is 5.55. The van der Waals surface area contributed by atoms with Crippen molar-refractivity contribution in [3.63, 3.8) is 0 Å². The first kappa shape index (κ1) is 13.9. The van der Waals surface area contributed by atoms with E-state index in [-0.39, 0.29) is 23.8 Å². The van der Waals surface area contributed by atoms with Crippen LogP contribution >= 0.6 is 0 Å². The van der Waals surface area contributed by atoms with E-state index in [4.69, 9.17) is 0 Å². The second-order valence-electron chi connectivity index (χ2n) is 4.07. The van der Waals surface area contributed by atoms with Gasteiger partial charge in [-0.25, -0.2) is 0 Å². The highest BCUT2D eigenvalue weighted by atomic mass is 16.2. The van der Waals surface area contributed by atoms with E-state index in [9.17, 15) is 9.59 Å². The van der Waals surface area contributed by atoms with E-state index in [1.54, 1.807) is 0 Å². The molecule has 0 aromatic carbocycles. The number of hydrogen-bond acceptors (Lipinski definition) is 2. The van der Waals surface area contributed by atoms with Gasteiger partial charge in [-0.3, -0.25) is 9.59 Å². The number of carbonyl (C=O) groups excluding carboxylic acids is 2.